The molecule has 0 aliphatic carbocycles. The Morgan fingerprint density at radius 3 is 1.42 bits per heavy atom. The van der Waals surface area contributed by atoms with Crippen molar-refractivity contribution < 1.29 is 34.0 Å². The second-order valence-corrected chi connectivity index (χ2v) is 9.69. The molecule has 2 aromatic rings. The molecule has 2 rings (SSSR count). The van der Waals surface area contributed by atoms with Crippen LogP contribution in [0.15, 0.2) is 36.4 Å². The first kappa shape index (κ1) is 31.0. The molecule has 38 heavy (non-hydrogen) atoms. The zero-order valence-corrected chi connectivity index (χ0v) is 23.0. The number of unbranched alkanes of at least 4 members (excludes halogenated alkanes) is 10. The van der Waals surface area contributed by atoms with Gasteiger partial charge in [-0.2, -0.15) is 0 Å². The van der Waals surface area contributed by atoms with Gasteiger partial charge >= 0.3 is 11.9 Å². The van der Waals surface area contributed by atoms with Crippen LogP contribution in [0.4, 0.5) is 0 Å². The summed E-state index contributed by atoms with van der Waals surface area (Å²) in [5.41, 5.74) is 0.513. The number of carboxylic acids is 2. The highest BCUT2D eigenvalue weighted by atomic mass is 16.5. The van der Waals surface area contributed by atoms with Gasteiger partial charge in [0.15, 0.2) is 0 Å². The Morgan fingerprint density at radius 2 is 0.974 bits per heavy atom. The van der Waals surface area contributed by atoms with Crippen molar-refractivity contribution >= 4 is 11.9 Å². The highest BCUT2D eigenvalue weighted by Gasteiger charge is 2.13. The molecule has 0 aliphatic heterocycles. The zero-order chi connectivity index (χ0) is 27.6. The van der Waals surface area contributed by atoms with E-state index >= 15 is 0 Å². The summed E-state index contributed by atoms with van der Waals surface area (Å²) >= 11 is 0. The van der Waals surface area contributed by atoms with E-state index < -0.39 is 11.9 Å². The number of benzene rings is 2. The smallest absolute Gasteiger partial charge is 0.335 e. The SMILES string of the molecule is CCCCCCCCOc1cc(COc2cc(C(=O)O)cc(C(=O)O)c2)cc(OCCCCCCCC)c1. The van der Waals surface area contributed by atoms with Crippen LogP contribution in [0, 0.1) is 0 Å². The molecule has 2 aromatic carbocycles. The average Bonchev–Trinajstić information content (AvgIpc) is 2.90. The molecular formula is C31H44O7. The van der Waals surface area contributed by atoms with Crippen molar-refractivity contribution in [2.75, 3.05) is 13.2 Å². The lowest BCUT2D eigenvalue weighted by Gasteiger charge is -2.14. The standard InChI is InChI=1S/C31H44O7/c1-3-5-7-9-11-13-15-36-27-17-24(18-28(22-27)37-16-14-12-10-8-6-4-2)23-38-29-20-25(30(32)33)19-26(21-29)31(34)35/h17-22H,3-16,23H2,1-2H3,(H,32,33)(H,34,35). The summed E-state index contributed by atoms with van der Waals surface area (Å²) < 4.78 is 17.9. The predicted molar refractivity (Wildman–Crippen MR) is 149 cm³/mol. The number of aromatic carboxylic acids is 2. The summed E-state index contributed by atoms with van der Waals surface area (Å²) in [5.74, 6) is -0.858. The van der Waals surface area contributed by atoms with Crippen molar-refractivity contribution in [2.45, 2.75) is 97.5 Å². The molecule has 0 spiro atoms. The molecule has 7 heteroatoms. The molecule has 2 N–H and O–H groups in total. The van der Waals surface area contributed by atoms with Crippen LogP contribution < -0.4 is 14.2 Å². The van der Waals surface area contributed by atoms with Crippen molar-refractivity contribution in [1.82, 2.24) is 0 Å². The highest BCUT2D eigenvalue weighted by molar-refractivity contribution is 5.94. The molecule has 0 amide bonds. The minimum atomic E-state index is -1.21. The fourth-order valence-corrected chi connectivity index (χ4v) is 4.12. The Kier molecular flexibility index (Phi) is 14.8. The zero-order valence-electron chi connectivity index (χ0n) is 23.0. The topological polar surface area (TPSA) is 102 Å². The number of hydrogen-bond acceptors (Lipinski definition) is 5. The molecule has 0 saturated carbocycles. The minimum absolute atomic E-state index is 0.115. The van der Waals surface area contributed by atoms with Crippen LogP contribution in [-0.4, -0.2) is 35.4 Å². The largest absolute Gasteiger partial charge is 0.493 e. The second-order valence-electron chi connectivity index (χ2n) is 9.69. The maximum absolute atomic E-state index is 11.4. The van der Waals surface area contributed by atoms with E-state index in [0.29, 0.717) is 24.7 Å². The van der Waals surface area contributed by atoms with E-state index in [-0.39, 0.29) is 23.5 Å². The Bertz CT molecular complexity index is 918. The van der Waals surface area contributed by atoms with E-state index in [4.69, 9.17) is 14.2 Å². The number of rotatable bonds is 21. The van der Waals surface area contributed by atoms with E-state index in [0.717, 1.165) is 37.3 Å². The van der Waals surface area contributed by atoms with Gasteiger partial charge in [-0.15, -0.1) is 0 Å². The minimum Gasteiger partial charge on any atom is -0.493 e. The molecule has 0 radical (unpaired) electrons. The van der Waals surface area contributed by atoms with Crippen LogP contribution >= 0.6 is 0 Å². The lowest BCUT2D eigenvalue weighted by Crippen LogP contribution is -2.05. The van der Waals surface area contributed by atoms with Crippen molar-refractivity contribution in [1.29, 1.82) is 0 Å². The van der Waals surface area contributed by atoms with Crippen molar-refractivity contribution in [3.63, 3.8) is 0 Å². The maximum Gasteiger partial charge on any atom is 0.335 e. The summed E-state index contributed by atoms with van der Waals surface area (Å²) in [6.45, 7) is 5.77. The lowest BCUT2D eigenvalue weighted by atomic mass is 10.1. The first-order valence-corrected chi connectivity index (χ1v) is 14.1. The summed E-state index contributed by atoms with van der Waals surface area (Å²) in [7, 11) is 0. The van der Waals surface area contributed by atoms with E-state index in [1.54, 1.807) is 0 Å². The number of carbonyl (C=O) groups is 2. The van der Waals surface area contributed by atoms with Crippen LogP contribution in [0.25, 0.3) is 0 Å². The third-order valence-electron chi connectivity index (χ3n) is 6.28. The quantitative estimate of drug-likeness (QED) is 0.158. The van der Waals surface area contributed by atoms with Crippen molar-refractivity contribution in [2.24, 2.45) is 0 Å². The van der Waals surface area contributed by atoms with Gasteiger partial charge in [0.05, 0.1) is 24.3 Å². The Morgan fingerprint density at radius 1 is 0.553 bits per heavy atom. The molecule has 0 saturated heterocycles. The molecule has 0 unspecified atom stereocenters. The number of ether oxygens (including phenoxy) is 3. The third-order valence-corrected chi connectivity index (χ3v) is 6.28. The summed E-state index contributed by atoms with van der Waals surface area (Å²) in [6, 6.07) is 9.42. The van der Waals surface area contributed by atoms with Gasteiger partial charge in [-0.1, -0.05) is 78.1 Å². The van der Waals surface area contributed by atoms with Gasteiger partial charge in [0.1, 0.15) is 23.9 Å². The molecule has 0 aliphatic rings. The van der Waals surface area contributed by atoms with E-state index in [9.17, 15) is 19.8 Å². The van der Waals surface area contributed by atoms with Gasteiger partial charge in [0.25, 0.3) is 0 Å². The van der Waals surface area contributed by atoms with Gasteiger partial charge in [0.2, 0.25) is 0 Å². The normalized spacial score (nSPS) is 10.8. The van der Waals surface area contributed by atoms with E-state index in [1.165, 1.54) is 63.5 Å². The van der Waals surface area contributed by atoms with Crippen molar-refractivity contribution in [3.8, 4) is 17.2 Å². The van der Waals surface area contributed by atoms with Gasteiger partial charge in [-0.05, 0) is 48.7 Å². The summed E-state index contributed by atoms with van der Waals surface area (Å²) in [4.78, 5) is 22.8. The van der Waals surface area contributed by atoms with Crippen LogP contribution in [0.1, 0.15) is 117 Å². The van der Waals surface area contributed by atoms with Crippen molar-refractivity contribution in [3.05, 3.63) is 53.1 Å². The molecule has 0 atom stereocenters. The molecule has 0 bridgehead atoms. The molecule has 0 aromatic heterocycles. The molecule has 7 nitrogen and oxygen atoms in total. The lowest BCUT2D eigenvalue weighted by molar-refractivity contribution is 0.0696. The third kappa shape index (κ3) is 12.3. The van der Waals surface area contributed by atoms with E-state index in [1.807, 2.05) is 18.2 Å². The fraction of sp³-hybridized carbons (Fsp3) is 0.548. The Hall–Kier alpha value is -3.22. The Balaban J connectivity index is 2.03. The molecular weight excluding hydrogens is 484 g/mol. The maximum atomic E-state index is 11.4. The fourth-order valence-electron chi connectivity index (χ4n) is 4.12. The predicted octanol–water partition coefficient (Wildman–Crippen LogP) is 8.14. The van der Waals surface area contributed by atoms with E-state index in [2.05, 4.69) is 13.8 Å². The number of carboxylic acid groups (broad SMARTS) is 2. The summed E-state index contributed by atoms with van der Waals surface area (Å²) in [5, 5.41) is 18.6. The van der Waals surface area contributed by atoms with Gasteiger partial charge in [-0.25, -0.2) is 9.59 Å². The first-order chi connectivity index (χ1) is 18.4. The number of hydrogen-bond donors (Lipinski definition) is 2. The van der Waals surface area contributed by atoms with Gasteiger partial charge < -0.3 is 24.4 Å². The highest BCUT2D eigenvalue weighted by Crippen LogP contribution is 2.26. The first-order valence-electron chi connectivity index (χ1n) is 14.1. The molecule has 210 valence electrons. The summed E-state index contributed by atoms with van der Waals surface area (Å²) in [6.07, 6.45) is 14.2. The molecule has 0 fully saturated rings. The monoisotopic (exact) mass is 528 g/mol. The van der Waals surface area contributed by atoms with Crippen LogP contribution in [0.5, 0.6) is 17.2 Å². The van der Waals surface area contributed by atoms with Gasteiger partial charge in [0, 0.05) is 6.07 Å². The average molecular weight is 529 g/mol. The van der Waals surface area contributed by atoms with Crippen LogP contribution in [-0.2, 0) is 6.61 Å². The molecule has 0 heterocycles. The Labute approximate surface area is 227 Å². The second kappa shape index (κ2) is 18.1. The van der Waals surface area contributed by atoms with Gasteiger partial charge in [-0.3, -0.25) is 0 Å². The van der Waals surface area contributed by atoms with Crippen LogP contribution in [0.3, 0.4) is 0 Å². The van der Waals surface area contributed by atoms with Crippen LogP contribution in [0.2, 0.25) is 0 Å².